The van der Waals surface area contributed by atoms with Gasteiger partial charge in [0.05, 0.1) is 7.11 Å². The van der Waals surface area contributed by atoms with Gasteiger partial charge in [0, 0.05) is 23.6 Å². The molecule has 0 fully saturated rings. The first kappa shape index (κ1) is 20.6. The van der Waals surface area contributed by atoms with Crippen molar-refractivity contribution in [1.29, 1.82) is 0 Å². The summed E-state index contributed by atoms with van der Waals surface area (Å²) in [4.78, 5) is 23.3. The van der Waals surface area contributed by atoms with Crippen LogP contribution in [0, 0.1) is 0 Å². The van der Waals surface area contributed by atoms with Crippen molar-refractivity contribution >= 4 is 18.0 Å². The van der Waals surface area contributed by atoms with E-state index in [-0.39, 0.29) is 6.10 Å². The minimum absolute atomic E-state index is 0.0463. The van der Waals surface area contributed by atoms with E-state index in [1.165, 1.54) is 20.1 Å². The Morgan fingerprint density at radius 3 is 2.74 bits per heavy atom. The van der Waals surface area contributed by atoms with Crippen LogP contribution < -0.4 is 14.8 Å². The summed E-state index contributed by atoms with van der Waals surface area (Å²) >= 11 is 0. The molecule has 1 aliphatic heterocycles. The third-order valence-corrected chi connectivity index (χ3v) is 3.77. The molecule has 0 aromatic heterocycles. The van der Waals surface area contributed by atoms with E-state index in [1.807, 2.05) is 13.0 Å². The maximum atomic E-state index is 12.1. The van der Waals surface area contributed by atoms with E-state index in [9.17, 15) is 22.8 Å². The van der Waals surface area contributed by atoms with E-state index in [1.54, 1.807) is 11.4 Å². The Hall–Kier alpha value is -2.71. The third kappa shape index (κ3) is 5.90. The topological polar surface area (TPSA) is 73.9 Å². The number of benzene rings is 1. The molecule has 1 aliphatic rings. The average molecular weight is 387 g/mol. The average Bonchev–Trinajstić information content (AvgIpc) is 2.94. The van der Waals surface area contributed by atoms with Gasteiger partial charge < -0.3 is 19.5 Å². The Bertz CT molecular complexity index is 745. The molecule has 27 heavy (non-hydrogen) atoms. The number of carbonyl (C=O) groups is 2. The van der Waals surface area contributed by atoms with E-state index in [0.29, 0.717) is 17.1 Å². The second-order valence-corrected chi connectivity index (χ2v) is 6.08. The van der Waals surface area contributed by atoms with Crippen molar-refractivity contribution in [2.75, 3.05) is 13.7 Å². The lowest BCUT2D eigenvalue weighted by atomic mass is 10.1. The Morgan fingerprint density at radius 1 is 1.41 bits per heavy atom. The molecule has 2 unspecified atom stereocenters. The van der Waals surface area contributed by atoms with Gasteiger partial charge >= 0.3 is 12.1 Å². The molecule has 9 heteroatoms. The molecule has 0 bridgehead atoms. The molecule has 1 N–H and O–H groups in total. The van der Waals surface area contributed by atoms with E-state index >= 15 is 0 Å². The highest BCUT2D eigenvalue weighted by molar-refractivity contribution is 5.90. The number of alkyl halides is 3. The Kier molecular flexibility index (Phi) is 6.35. The molecule has 2 rings (SSSR count). The second kappa shape index (κ2) is 8.32. The van der Waals surface area contributed by atoms with E-state index < -0.39 is 30.7 Å². The summed E-state index contributed by atoms with van der Waals surface area (Å²) < 4.78 is 52.0. The molecule has 1 heterocycles. The fourth-order valence-corrected chi connectivity index (χ4v) is 2.52. The first-order valence-electron chi connectivity index (χ1n) is 8.19. The summed E-state index contributed by atoms with van der Waals surface area (Å²) in [5.74, 6) is -0.684. The Morgan fingerprint density at radius 2 is 2.11 bits per heavy atom. The van der Waals surface area contributed by atoms with Crippen LogP contribution in [0.2, 0.25) is 0 Å². The molecule has 0 aliphatic carbocycles. The molecule has 1 amide bonds. The van der Waals surface area contributed by atoms with Gasteiger partial charge in [-0.05, 0) is 32.1 Å². The zero-order chi connectivity index (χ0) is 20.2. The fraction of sp³-hybridized carbons (Fsp3) is 0.444. The van der Waals surface area contributed by atoms with Gasteiger partial charge in [0.25, 0.3) is 5.91 Å². The zero-order valence-corrected chi connectivity index (χ0v) is 15.1. The van der Waals surface area contributed by atoms with Crippen LogP contribution in [-0.2, 0) is 20.7 Å². The highest BCUT2D eigenvalue weighted by atomic mass is 19.4. The predicted octanol–water partition coefficient (Wildman–Crippen LogP) is 2.64. The van der Waals surface area contributed by atoms with Crippen molar-refractivity contribution in [1.82, 2.24) is 5.32 Å². The van der Waals surface area contributed by atoms with Crippen LogP contribution >= 0.6 is 0 Å². The minimum Gasteiger partial charge on any atom is -0.496 e. The van der Waals surface area contributed by atoms with Crippen LogP contribution in [-0.4, -0.2) is 43.9 Å². The number of fused-ring (bicyclic) bond motifs is 1. The molecule has 6 nitrogen and oxygen atoms in total. The summed E-state index contributed by atoms with van der Waals surface area (Å²) in [5.41, 5.74) is 1.56. The Labute approximate surface area is 154 Å². The number of rotatable bonds is 6. The molecule has 0 spiro atoms. The standard InChI is InChI=1S/C18H20F3NO5/c1-10-6-13-8-14(25-3)12(7-15(13)26-10)4-5-16(23)27-11(2)17(24)22-9-18(19,20)21/h4-5,7-8,10-11H,6,9H2,1-3H3,(H,22,24). The number of amides is 1. The molecule has 0 saturated heterocycles. The normalized spacial score (nSPS) is 17.2. The van der Waals surface area contributed by atoms with Gasteiger partial charge in [-0.3, -0.25) is 4.79 Å². The van der Waals surface area contributed by atoms with Gasteiger partial charge in [0.1, 0.15) is 24.1 Å². The van der Waals surface area contributed by atoms with Gasteiger partial charge in [-0.15, -0.1) is 0 Å². The van der Waals surface area contributed by atoms with E-state index in [2.05, 4.69) is 0 Å². The second-order valence-electron chi connectivity index (χ2n) is 6.08. The number of ether oxygens (including phenoxy) is 3. The molecule has 0 radical (unpaired) electrons. The number of methoxy groups -OCH3 is 1. The Balaban J connectivity index is 1.98. The maximum absolute atomic E-state index is 12.1. The summed E-state index contributed by atoms with van der Waals surface area (Å²) in [7, 11) is 1.49. The highest BCUT2D eigenvalue weighted by Gasteiger charge is 2.29. The predicted molar refractivity (Wildman–Crippen MR) is 90.4 cm³/mol. The summed E-state index contributed by atoms with van der Waals surface area (Å²) in [5, 5.41) is 1.65. The van der Waals surface area contributed by atoms with Gasteiger partial charge in [-0.2, -0.15) is 13.2 Å². The highest BCUT2D eigenvalue weighted by Crippen LogP contribution is 2.35. The van der Waals surface area contributed by atoms with Gasteiger partial charge in [-0.1, -0.05) is 0 Å². The van der Waals surface area contributed by atoms with Gasteiger partial charge in [-0.25, -0.2) is 4.79 Å². The quantitative estimate of drug-likeness (QED) is 0.600. The summed E-state index contributed by atoms with van der Waals surface area (Å²) in [6.07, 6.45) is -2.61. The van der Waals surface area contributed by atoms with Crippen molar-refractivity contribution in [3.63, 3.8) is 0 Å². The van der Waals surface area contributed by atoms with Gasteiger partial charge in [0.15, 0.2) is 6.10 Å². The number of hydrogen-bond donors (Lipinski definition) is 1. The molecule has 1 aromatic carbocycles. The first-order valence-corrected chi connectivity index (χ1v) is 8.19. The largest absolute Gasteiger partial charge is 0.496 e. The molecule has 0 saturated carbocycles. The third-order valence-electron chi connectivity index (χ3n) is 3.77. The lowest BCUT2D eigenvalue weighted by Crippen LogP contribution is -2.40. The molecular weight excluding hydrogens is 367 g/mol. The SMILES string of the molecule is COc1cc2c(cc1C=CC(=O)OC(C)C(=O)NCC(F)(F)F)OC(C)C2. The van der Waals surface area contributed by atoms with Crippen LogP contribution in [0.1, 0.15) is 25.0 Å². The molecular formula is C18H20F3NO5. The number of hydrogen-bond acceptors (Lipinski definition) is 5. The van der Waals surface area contributed by atoms with Crippen molar-refractivity contribution in [3.8, 4) is 11.5 Å². The van der Waals surface area contributed by atoms with Crippen molar-refractivity contribution < 1.29 is 37.0 Å². The van der Waals surface area contributed by atoms with Crippen molar-refractivity contribution in [3.05, 3.63) is 29.3 Å². The van der Waals surface area contributed by atoms with Crippen molar-refractivity contribution in [2.24, 2.45) is 0 Å². The summed E-state index contributed by atoms with van der Waals surface area (Å²) in [6, 6.07) is 3.54. The first-order chi connectivity index (χ1) is 12.6. The van der Waals surface area contributed by atoms with E-state index in [4.69, 9.17) is 14.2 Å². The lowest BCUT2D eigenvalue weighted by molar-refractivity contribution is -0.154. The number of carbonyl (C=O) groups excluding carboxylic acids is 2. The maximum Gasteiger partial charge on any atom is 0.405 e. The number of halogens is 3. The minimum atomic E-state index is -4.54. The number of nitrogens with one attached hydrogen (secondary N) is 1. The van der Waals surface area contributed by atoms with E-state index in [0.717, 1.165) is 18.1 Å². The molecule has 1 aromatic rings. The monoisotopic (exact) mass is 387 g/mol. The lowest BCUT2D eigenvalue weighted by Gasteiger charge is -2.13. The van der Waals surface area contributed by atoms with Crippen LogP contribution in [0.25, 0.3) is 6.08 Å². The zero-order valence-electron chi connectivity index (χ0n) is 15.1. The van der Waals surface area contributed by atoms with Crippen LogP contribution in [0.5, 0.6) is 11.5 Å². The van der Waals surface area contributed by atoms with Crippen LogP contribution in [0.15, 0.2) is 18.2 Å². The van der Waals surface area contributed by atoms with Crippen molar-refractivity contribution in [2.45, 2.75) is 38.7 Å². The fourth-order valence-electron chi connectivity index (χ4n) is 2.52. The smallest absolute Gasteiger partial charge is 0.405 e. The molecule has 148 valence electrons. The number of esters is 1. The summed E-state index contributed by atoms with van der Waals surface area (Å²) in [6.45, 7) is 1.63. The van der Waals surface area contributed by atoms with Crippen LogP contribution in [0.4, 0.5) is 13.2 Å². The molecule has 2 atom stereocenters. The van der Waals surface area contributed by atoms with Gasteiger partial charge in [0.2, 0.25) is 0 Å². The van der Waals surface area contributed by atoms with Crippen LogP contribution in [0.3, 0.4) is 0 Å².